The van der Waals surface area contributed by atoms with Gasteiger partial charge in [0.1, 0.15) is 6.04 Å². The molecular formula is C23H30N2O5. The summed E-state index contributed by atoms with van der Waals surface area (Å²) in [6, 6.07) is 2.88. The zero-order valence-corrected chi connectivity index (χ0v) is 18.3. The number of fused-ring (bicyclic) bond motifs is 1. The molecule has 1 aliphatic carbocycles. The number of amides is 3. The molecule has 30 heavy (non-hydrogen) atoms. The van der Waals surface area contributed by atoms with Gasteiger partial charge in [-0.2, -0.15) is 0 Å². The van der Waals surface area contributed by atoms with Gasteiger partial charge in [-0.15, -0.1) is 0 Å². The van der Waals surface area contributed by atoms with Crippen molar-refractivity contribution in [3.63, 3.8) is 0 Å². The maximum absolute atomic E-state index is 12.7. The number of carbonyl (C=O) groups excluding carboxylic acids is 4. The van der Waals surface area contributed by atoms with Gasteiger partial charge < -0.3 is 10.1 Å². The molecule has 0 bridgehead atoms. The number of imide groups is 1. The van der Waals surface area contributed by atoms with Gasteiger partial charge in [-0.05, 0) is 58.6 Å². The number of likely N-dealkylation sites (tertiary alicyclic amines) is 1. The zero-order chi connectivity index (χ0) is 22.2. The highest BCUT2D eigenvalue weighted by atomic mass is 16.5. The molecule has 0 unspecified atom stereocenters. The van der Waals surface area contributed by atoms with E-state index >= 15 is 0 Å². The van der Waals surface area contributed by atoms with Gasteiger partial charge >= 0.3 is 5.97 Å². The number of nitrogens with zero attached hydrogens (tertiary/aromatic N) is 1. The molecule has 0 radical (unpaired) electrons. The first-order valence-electron chi connectivity index (χ1n) is 10.6. The van der Waals surface area contributed by atoms with E-state index in [4.69, 9.17) is 4.74 Å². The number of aryl methyl sites for hydroxylation is 3. The summed E-state index contributed by atoms with van der Waals surface area (Å²) in [7, 11) is 0. The summed E-state index contributed by atoms with van der Waals surface area (Å²) in [6.45, 7) is 8.74. The number of benzene rings is 1. The van der Waals surface area contributed by atoms with E-state index in [-0.39, 0.29) is 23.7 Å². The molecule has 3 rings (SSSR count). The molecule has 1 saturated carbocycles. The molecule has 1 aromatic rings. The molecule has 7 heteroatoms. The quantitative estimate of drug-likeness (QED) is 0.590. The topological polar surface area (TPSA) is 92.8 Å². The molecule has 4 atom stereocenters. The van der Waals surface area contributed by atoms with Crippen molar-refractivity contribution in [3.05, 3.63) is 28.8 Å². The highest BCUT2D eigenvalue weighted by molar-refractivity contribution is 6.08. The van der Waals surface area contributed by atoms with Crippen LogP contribution in [0.25, 0.3) is 0 Å². The summed E-state index contributed by atoms with van der Waals surface area (Å²) in [4.78, 5) is 51.6. The molecule has 1 saturated heterocycles. The predicted octanol–water partition coefficient (Wildman–Crippen LogP) is 3.05. The summed E-state index contributed by atoms with van der Waals surface area (Å²) in [6.07, 6.45) is 2.14. The van der Waals surface area contributed by atoms with Crippen LogP contribution in [0.4, 0.5) is 5.69 Å². The number of hydrogen-bond acceptors (Lipinski definition) is 5. The molecule has 0 spiro atoms. The largest absolute Gasteiger partial charge is 0.451 e. The van der Waals surface area contributed by atoms with Gasteiger partial charge in [0.25, 0.3) is 5.91 Å². The van der Waals surface area contributed by atoms with E-state index in [1.54, 1.807) is 0 Å². The van der Waals surface area contributed by atoms with Gasteiger partial charge in [0.2, 0.25) is 11.8 Å². The molecule has 0 aromatic heterocycles. The van der Waals surface area contributed by atoms with Crippen LogP contribution in [-0.2, 0) is 23.9 Å². The molecule has 162 valence electrons. The van der Waals surface area contributed by atoms with Crippen LogP contribution in [0, 0.1) is 32.6 Å². The monoisotopic (exact) mass is 414 g/mol. The second-order valence-corrected chi connectivity index (χ2v) is 8.56. The molecule has 3 amide bonds. The third-order valence-corrected chi connectivity index (χ3v) is 6.19. The van der Waals surface area contributed by atoms with Gasteiger partial charge in [-0.1, -0.05) is 30.5 Å². The highest BCUT2D eigenvalue weighted by Crippen LogP contribution is 2.39. The minimum absolute atomic E-state index is 0.294. The van der Waals surface area contributed by atoms with E-state index < -0.39 is 24.0 Å². The number of rotatable bonds is 5. The maximum Gasteiger partial charge on any atom is 0.329 e. The third-order valence-electron chi connectivity index (χ3n) is 6.19. The number of nitrogens with one attached hydrogen (secondary N) is 1. The predicted molar refractivity (Wildman–Crippen MR) is 112 cm³/mol. The van der Waals surface area contributed by atoms with Crippen LogP contribution < -0.4 is 5.32 Å². The lowest BCUT2D eigenvalue weighted by Crippen LogP contribution is -2.46. The van der Waals surface area contributed by atoms with E-state index in [2.05, 4.69) is 5.32 Å². The SMILES string of the molecule is Cc1cc(C)c(NC(=O)[C@H](C)OC(=O)[C@H](C)N2C(=O)[C@H]3CCCC[C@@H]3C2=O)c(C)c1. The smallest absolute Gasteiger partial charge is 0.329 e. The van der Waals surface area contributed by atoms with Crippen LogP contribution in [0.1, 0.15) is 56.2 Å². The molecule has 2 fully saturated rings. The lowest BCUT2D eigenvalue weighted by atomic mass is 9.81. The lowest BCUT2D eigenvalue weighted by Gasteiger charge is -2.23. The van der Waals surface area contributed by atoms with Crippen molar-refractivity contribution in [1.82, 2.24) is 4.90 Å². The normalized spacial score (nSPS) is 23.0. The fourth-order valence-electron chi connectivity index (χ4n) is 4.60. The second kappa shape index (κ2) is 8.58. The Morgan fingerprint density at radius 3 is 2.00 bits per heavy atom. The van der Waals surface area contributed by atoms with Crippen LogP contribution >= 0.6 is 0 Å². The average Bonchev–Trinajstić information content (AvgIpc) is 2.94. The van der Waals surface area contributed by atoms with Crippen molar-refractivity contribution in [3.8, 4) is 0 Å². The molecule has 7 nitrogen and oxygen atoms in total. The fraction of sp³-hybridized carbons (Fsp3) is 0.565. The number of ether oxygens (including phenoxy) is 1. The second-order valence-electron chi connectivity index (χ2n) is 8.56. The molecule has 1 aliphatic heterocycles. The Bertz CT molecular complexity index is 847. The summed E-state index contributed by atoms with van der Waals surface area (Å²) in [5, 5.41) is 2.81. The number of anilines is 1. The van der Waals surface area contributed by atoms with Gasteiger partial charge in [0.05, 0.1) is 11.8 Å². The Kier molecular flexibility index (Phi) is 6.29. The van der Waals surface area contributed by atoms with Crippen molar-refractivity contribution < 1.29 is 23.9 Å². The van der Waals surface area contributed by atoms with E-state index in [0.29, 0.717) is 18.5 Å². The van der Waals surface area contributed by atoms with Crippen LogP contribution in [0.3, 0.4) is 0 Å². The van der Waals surface area contributed by atoms with Crippen molar-refractivity contribution in [1.29, 1.82) is 0 Å². The van der Waals surface area contributed by atoms with Crippen molar-refractivity contribution in [2.75, 3.05) is 5.32 Å². The van der Waals surface area contributed by atoms with E-state index in [1.807, 2.05) is 32.9 Å². The standard InChI is InChI=1S/C23H30N2O5/c1-12-10-13(2)19(14(3)11-12)24-20(26)16(5)30-23(29)15(4)25-21(27)17-8-6-7-9-18(17)22(25)28/h10-11,15-18H,6-9H2,1-5H3,(H,24,26)/t15-,16-,17-,18-/m0/s1. The fourth-order valence-corrected chi connectivity index (χ4v) is 4.60. The van der Waals surface area contributed by atoms with Crippen molar-refractivity contribution >= 4 is 29.4 Å². The van der Waals surface area contributed by atoms with Crippen molar-refractivity contribution in [2.24, 2.45) is 11.8 Å². The first-order chi connectivity index (χ1) is 14.1. The lowest BCUT2D eigenvalue weighted by molar-refractivity contribution is -0.163. The van der Waals surface area contributed by atoms with Gasteiger partial charge in [-0.25, -0.2) is 4.79 Å². The third kappa shape index (κ3) is 4.11. The van der Waals surface area contributed by atoms with Crippen LogP contribution in [0.15, 0.2) is 12.1 Å². The summed E-state index contributed by atoms with van der Waals surface area (Å²) >= 11 is 0. The first kappa shape index (κ1) is 22.0. The number of carbonyl (C=O) groups is 4. The first-order valence-corrected chi connectivity index (χ1v) is 10.6. The number of esters is 1. The molecule has 1 aromatic carbocycles. The van der Waals surface area contributed by atoms with Gasteiger partial charge in [-0.3, -0.25) is 19.3 Å². The average molecular weight is 415 g/mol. The van der Waals surface area contributed by atoms with Crippen LogP contribution in [-0.4, -0.2) is 40.7 Å². The van der Waals surface area contributed by atoms with E-state index in [0.717, 1.165) is 34.4 Å². The minimum atomic E-state index is -1.06. The van der Waals surface area contributed by atoms with Crippen LogP contribution in [0.5, 0.6) is 0 Å². The summed E-state index contributed by atoms with van der Waals surface area (Å²) < 4.78 is 5.31. The Morgan fingerprint density at radius 1 is 1.00 bits per heavy atom. The number of hydrogen-bond donors (Lipinski definition) is 1. The molecule has 2 aliphatic rings. The molecular weight excluding hydrogens is 384 g/mol. The molecule has 1 heterocycles. The Labute approximate surface area is 177 Å². The van der Waals surface area contributed by atoms with Crippen molar-refractivity contribution in [2.45, 2.75) is 72.4 Å². The van der Waals surface area contributed by atoms with Gasteiger partial charge in [0.15, 0.2) is 6.10 Å². The highest BCUT2D eigenvalue weighted by Gasteiger charge is 2.51. The van der Waals surface area contributed by atoms with E-state index in [1.165, 1.54) is 13.8 Å². The minimum Gasteiger partial charge on any atom is -0.451 e. The van der Waals surface area contributed by atoms with E-state index in [9.17, 15) is 19.2 Å². The zero-order valence-electron chi connectivity index (χ0n) is 18.3. The van der Waals surface area contributed by atoms with Crippen LogP contribution in [0.2, 0.25) is 0 Å². The Morgan fingerprint density at radius 2 is 1.50 bits per heavy atom. The molecule has 1 N–H and O–H groups in total. The summed E-state index contributed by atoms with van der Waals surface area (Å²) in [5.74, 6) is -2.45. The van der Waals surface area contributed by atoms with Gasteiger partial charge in [0, 0.05) is 5.69 Å². The Hall–Kier alpha value is -2.70. The summed E-state index contributed by atoms with van der Waals surface area (Å²) in [5.41, 5.74) is 3.62. The maximum atomic E-state index is 12.7. The Balaban J connectivity index is 1.64.